The normalized spacial score (nSPS) is 42.4. The Morgan fingerprint density at radius 1 is 0.872 bits per heavy atom. The number of rotatable bonds is 12. The van der Waals surface area contributed by atoms with Crippen LogP contribution in [0.3, 0.4) is 0 Å². The van der Waals surface area contributed by atoms with Crippen LogP contribution < -0.4 is 5.32 Å². The van der Waals surface area contributed by atoms with Crippen molar-refractivity contribution >= 4 is 11.9 Å². The van der Waals surface area contributed by atoms with E-state index in [0.29, 0.717) is 34.0 Å². The summed E-state index contributed by atoms with van der Waals surface area (Å²) in [5, 5.41) is 13.0. The first-order valence-corrected chi connectivity index (χ1v) is 19.1. The molecular formula is C41H69NO5. The average molecular weight is 656 g/mol. The molecule has 0 heterocycles. The van der Waals surface area contributed by atoms with E-state index in [9.17, 15) is 14.7 Å². The molecule has 6 nitrogen and oxygen atoms in total. The molecule has 0 aliphatic heterocycles. The predicted octanol–water partition coefficient (Wildman–Crippen LogP) is 9.07. The third-order valence-electron chi connectivity index (χ3n) is 16.0. The second kappa shape index (κ2) is 13.1. The summed E-state index contributed by atoms with van der Waals surface area (Å²) < 4.78 is 11.6. The SMILES string of the molecule is C=C(C)[C@@H]1CC[C@]2(CCNCCOC)CC[C@]3(C)[C@H](CC[C@@H]4[C@@]5(C)CC[C@H](OC(=O)CC(C)(C)CC(=O)O)C(C)(C)[C@@H]5CC[C@]43C)[C@@H]12. The van der Waals surface area contributed by atoms with E-state index in [2.05, 4.69) is 53.4 Å². The van der Waals surface area contributed by atoms with E-state index in [0.717, 1.165) is 44.4 Å². The van der Waals surface area contributed by atoms with Gasteiger partial charge in [0, 0.05) is 19.1 Å². The molecule has 0 bridgehead atoms. The molecule has 5 aliphatic carbocycles. The maximum atomic E-state index is 13.2. The van der Waals surface area contributed by atoms with Crippen LogP contribution in [0.4, 0.5) is 0 Å². The Morgan fingerprint density at radius 3 is 2.26 bits per heavy atom. The van der Waals surface area contributed by atoms with Gasteiger partial charge in [-0.3, -0.25) is 9.59 Å². The monoisotopic (exact) mass is 656 g/mol. The van der Waals surface area contributed by atoms with Crippen LogP contribution in [0.1, 0.15) is 139 Å². The molecule has 0 spiro atoms. The Hall–Kier alpha value is -1.40. The first-order valence-electron chi connectivity index (χ1n) is 19.1. The summed E-state index contributed by atoms with van der Waals surface area (Å²) in [4.78, 5) is 24.5. The van der Waals surface area contributed by atoms with E-state index in [1.165, 1.54) is 63.4 Å². The molecule has 0 saturated heterocycles. The van der Waals surface area contributed by atoms with Crippen molar-refractivity contribution in [2.75, 3.05) is 26.8 Å². The highest BCUT2D eigenvalue weighted by molar-refractivity contribution is 5.73. The van der Waals surface area contributed by atoms with E-state index >= 15 is 0 Å². The second-order valence-corrected chi connectivity index (χ2v) is 19.3. The van der Waals surface area contributed by atoms with Gasteiger partial charge in [-0.25, -0.2) is 0 Å². The third-order valence-corrected chi connectivity index (χ3v) is 16.0. The molecule has 6 heteroatoms. The lowest BCUT2D eigenvalue weighted by Crippen LogP contribution is -2.66. The third kappa shape index (κ3) is 6.27. The molecule has 2 N–H and O–H groups in total. The number of esters is 1. The van der Waals surface area contributed by atoms with Gasteiger partial charge in [-0.05, 0) is 141 Å². The number of ether oxygens (including phenoxy) is 2. The van der Waals surface area contributed by atoms with Gasteiger partial charge in [-0.15, -0.1) is 0 Å². The summed E-state index contributed by atoms with van der Waals surface area (Å²) in [6.07, 6.45) is 13.8. The molecule has 10 atom stereocenters. The Morgan fingerprint density at radius 2 is 1.60 bits per heavy atom. The highest BCUT2D eigenvalue weighted by Crippen LogP contribution is 2.78. The van der Waals surface area contributed by atoms with Crippen LogP contribution in [0, 0.1) is 62.1 Å². The lowest BCUT2D eigenvalue weighted by Gasteiger charge is -2.73. The predicted molar refractivity (Wildman–Crippen MR) is 189 cm³/mol. The Kier molecular flexibility index (Phi) is 10.2. The number of carboxylic acids is 1. The molecule has 5 aliphatic rings. The summed E-state index contributed by atoms with van der Waals surface area (Å²) >= 11 is 0. The fourth-order valence-corrected chi connectivity index (χ4v) is 13.6. The van der Waals surface area contributed by atoms with E-state index in [4.69, 9.17) is 9.47 Å². The quantitative estimate of drug-likeness (QED) is 0.124. The zero-order valence-corrected chi connectivity index (χ0v) is 31.6. The largest absolute Gasteiger partial charge is 0.481 e. The van der Waals surface area contributed by atoms with Crippen molar-refractivity contribution in [2.45, 2.75) is 145 Å². The fraction of sp³-hybridized carbons (Fsp3) is 0.902. The van der Waals surface area contributed by atoms with E-state index in [1.807, 2.05) is 13.8 Å². The van der Waals surface area contributed by atoms with E-state index < -0.39 is 11.4 Å². The van der Waals surface area contributed by atoms with Crippen LogP contribution >= 0.6 is 0 Å². The lowest BCUT2D eigenvalue weighted by molar-refractivity contribution is -0.250. The molecule has 5 rings (SSSR count). The van der Waals surface area contributed by atoms with Crippen molar-refractivity contribution in [1.29, 1.82) is 0 Å². The van der Waals surface area contributed by atoms with E-state index in [1.54, 1.807) is 7.11 Å². The number of methoxy groups -OCH3 is 1. The number of aliphatic carboxylic acids is 1. The van der Waals surface area contributed by atoms with Gasteiger partial charge >= 0.3 is 11.9 Å². The minimum absolute atomic E-state index is 0.0305. The summed E-state index contributed by atoms with van der Waals surface area (Å²) in [7, 11) is 1.78. The number of carbonyl (C=O) groups excluding carboxylic acids is 1. The number of allylic oxidation sites excluding steroid dienone is 1. The van der Waals surface area contributed by atoms with Crippen molar-refractivity contribution in [1.82, 2.24) is 5.32 Å². The maximum absolute atomic E-state index is 13.2. The molecule has 0 unspecified atom stereocenters. The molecule has 5 saturated carbocycles. The van der Waals surface area contributed by atoms with Gasteiger partial charge in [0.2, 0.25) is 0 Å². The lowest BCUT2D eigenvalue weighted by atomic mass is 9.32. The van der Waals surface area contributed by atoms with Crippen LogP contribution in [0.15, 0.2) is 12.2 Å². The van der Waals surface area contributed by atoms with Crippen LogP contribution in [0.25, 0.3) is 0 Å². The Bertz CT molecular complexity index is 1190. The smallest absolute Gasteiger partial charge is 0.306 e. The molecule has 0 aromatic heterocycles. The number of carbonyl (C=O) groups is 2. The Balaban J connectivity index is 1.36. The van der Waals surface area contributed by atoms with Gasteiger partial charge in [-0.2, -0.15) is 0 Å². The van der Waals surface area contributed by atoms with Gasteiger partial charge in [0.05, 0.1) is 19.4 Å². The molecule has 47 heavy (non-hydrogen) atoms. The number of hydrogen-bond acceptors (Lipinski definition) is 5. The van der Waals surface area contributed by atoms with Crippen molar-refractivity contribution in [2.24, 2.45) is 62.1 Å². The molecule has 268 valence electrons. The van der Waals surface area contributed by atoms with Gasteiger partial charge in [0.25, 0.3) is 0 Å². The van der Waals surface area contributed by atoms with Crippen molar-refractivity contribution in [3.63, 3.8) is 0 Å². The number of fused-ring (bicyclic) bond motifs is 7. The van der Waals surface area contributed by atoms with Crippen molar-refractivity contribution < 1.29 is 24.2 Å². The number of hydrogen-bond donors (Lipinski definition) is 2. The summed E-state index contributed by atoms with van der Waals surface area (Å²) in [5.41, 5.74) is 1.96. The highest BCUT2D eigenvalue weighted by Gasteiger charge is 2.71. The van der Waals surface area contributed by atoms with E-state index in [-0.39, 0.29) is 35.7 Å². The maximum Gasteiger partial charge on any atom is 0.306 e. The van der Waals surface area contributed by atoms with Crippen LogP contribution in [-0.4, -0.2) is 50.0 Å². The minimum atomic E-state index is -0.869. The molecule has 0 aromatic carbocycles. The molecule has 5 fully saturated rings. The zero-order chi connectivity index (χ0) is 34.6. The van der Waals surface area contributed by atoms with Gasteiger partial charge in [0.15, 0.2) is 0 Å². The topological polar surface area (TPSA) is 84.9 Å². The van der Waals surface area contributed by atoms with Crippen molar-refractivity contribution in [3.05, 3.63) is 12.2 Å². The number of nitrogens with one attached hydrogen (secondary N) is 1. The van der Waals surface area contributed by atoms with Crippen LogP contribution in [0.2, 0.25) is 0 Å². The van der Waals surface area contributed by atoms with Gasteiger partial charge in [0.1, 0.15) is 6.10 Å². The standard InChI is InChI=1S/C41H69NO5/c1-27(2)28-13-18-41(21-22-42-23-24-46-10)20-19-39(8)29(35(28)41)11-12-31-38(7)16-15-32(37(5,6)30(38)14-17-40(31,39)9)47-34(45)26-36(3,4)25-33(43)44/h28-32,35,42H,1,11-26H2,2-10H3,(H,43,44)/t28-,29+,30-,31+,32-,35+,38-,39+,40+,41+/m0/s1. The average Bonchev–Trinajstić information content (AvgIpc) is 3.34. The van der Waals surface area contributed by atoms with Gasteiger partial charge < -0.3 is 19.9 Å². The zero-order valence-electron chi connectivity index (χ0n) is 31.6. The number of carboxylic acid groups (broad SMARTS) is 1. The first kappa shape index (κ1) is 36.9. The van der Waals surface area contributed by atoms with Gasteiger partial charge in [-0.1, -0.05) is 60.6 Å². The van der Waals surface area contributed by atoms with Crippen LogP contribution in [0.5, 0.6) is 0 Å². The summed E-state index contributed by atoms with van der Waals surface area (Å²) in [6, 6.07) is 0. The van der Waals surface area contributed by atoms with Crippen LogP contribution in [-0.2, 0) is 19.1 Å². The highest BCUT2D eigenvalue weighted by atomic mass is 16.5. The molecular weight excluding hydrogens is 586 g/mol. The summed E-state index contributed by atoms with van der Waals surface area (Å²) in [5.74, 6) is 2.20. The first-order chi connectivity index (χ1) is 21.9. The second-order valence-electron chi connectivity index (χ2n) is 19.3. The molecule has 0 amide bonds. The summed E-state index contributed by atoms with van der Waals surface area (Å²) in [6.45, 7) is 26.1. The minimum Gasteiger partial charge on any atom is -0.481 e. The Labute approximate surface area is 287 Å². The molecule has 0 aromatic rings. The fourth-order valence-electron chi connectivity index (χ4n) is 13.6. The molecule has 0 radical (unpaired) electrons. The van der Waals surface area contributed by atoms with Crippen molar-refractivity contribution in [3.8, 4) is 0 Å².